The molecular formula is C22H26N6O6. The van der Waals surface area contributed by atoms with E-state index in [9.17, 15) is 24.3 Å². The molecule has 8 N–H and O–H groups in total. The summed E-state index contributed by atoms with van der Waals surface area (Å²) >= 11 is 0. The minimum Gasteiger partial charge on any atom is -0.481 e. The lowest BCUT2D eigenvalue weighted by Crippen LogP contribution is -2.55. The lowest BCUT2D eigenvalue weighted by molar-refractivity contribution is -0.143. The van der Waals surface area contributed by atoms with Gasteiger partial charge in [-0.15, -0.1) is 0 Å². The molecule has 2 heterocycles. The first-order valence-corrected chi connectivity index (χ1v) is 10.6. The smallest absolute Gasteiger partial charge is 0.326 e. The summed E-state index contributed by atoms with van der Waals surface area (Å²) in [6.07, 6.45) is 4.17. The number of rotatable bonds is 12. The van der Waals surface area contributed by atoms with Crippen LogP contribution in [0, 0.1) is 0 Å². The zero-order chi connectivity index (χ0) is 24.7. The van der Waals surface area contributed by atoms with Gasteiger partial charge in [-0.1, -0.05) is 18.2 Å². The minimum absolute atomic E-state index is 0.0592. The Balaban J connectivity index is 1.78. The van der Waals surface area contributed by atoms with Gasteiger partial charge in [0.1, 0.15) is 12.1 Å². The molecule has 0 bridgehead atoms. The van der Waals surface area contributed by atoms with E-state index in [0.717, 1.165) is 16.5 Å². The summed E-state index contributed by atoms with van der Waals surface area (Å²) in [6, 6.07) is 3.84. The van der Waals surface area contributed by atoms with Crippen LogP contribution >= 0.6 is 0 Å². The van der Waals surface area contributed by atoms with Crippen LogP contribution in [0.5, 0.6) is 0 Å². The number of nitrogens with one attached hydrogen (secondary N) is 4. The lowest BCUT2D eigenvalue weighted by Gasteiger charge is -2.22. The van der Waals surface area contributed by atoms with Crippen LogP contribution in [0.2, 0.25) is 0 Å². The second-order valence-corrected chi connectivity index (χ2v) is 7.84. The highest BCUT2D eigenvalue weighted by atomic mass is 16.4. The number of carbonyl (C=O) groups is 4. The summed E-state index contributed by atoms with van der Waals surface area (Å²) in [5.74, 6) is -3.92. The number of hydrogen-bond donors (Lipinski definition) is 7. The second kappa shape index (κ2) is 11.1. The third-order valence-electron chi connectivity index (χ3n) is 5.32. The van der Waals surface area contributed by atoms with Crippen molar-refractivity contribution in [3.63, 3.8) is 0 Å². The second-order valence-electron chi connectivity index (χ2n) is 7.84. The molecule has 3 atom stereocenters. The Morgan fingerprint density at radius 1 is 1.00 bits per heavy atom. The molecule has 0 fully saturated rings. The average molecular weight is 470 g/mol. The predicted octanol–water partition coefficient (Wildman–Crippen LogP) is -0.0775. The molecule has 3 unspecified atom stereocenters. The molecule has 2 aromatic heterocycles. The number of para-hydroxylation sites is 1. The molecule has 3 rings (SSSR count). The van der Waals surface area contributed by atoms with Gasteiger partial charge in [0.15, 0.2) is 0 Å². The van der Waals surface area contributed by atoms with Crippen molar-refractivity contribution in [3.8, 4) is 0 Å². The highest BCUT2D eigenvalue weighted by Crippen LogP contribution is 2.19. The maximum absolute atomic E-state index is 13.0. The fourth-order valence-corrected chi connectivity index (χ4v) is 3.53. The van der Waals surface area contributed by atoms with Gasteiger partial charge in [-0.3, -0.25) is 14.4 Å². The van der Waals surface area contributed by atoms with Crippen LogP contribution in [0.25, 0.3) is 10.9 Å². The van der Waals surface area contributed by atoms with Crippen molar-refractivity contribution in [2.24, 2.45) is 5.73 Å². The van der Waals surface area contributed by atoms with Crippen molar-refractivity contribution < 1.29 is 29.4 Å². The molecule has 34 heavy (non-hydrogen) atoms. The highest BCUT2D eigenvalue weighted by molar-refractivity contribution is 5.93. The van der Waals surface area contributed by atoms with Crippen molar-refractivity contribution in [2.45, 2.75) is 43.8 Å². The van der Waals surface area contributed by atoms with Crippen LogP contribution in [0.4, 0.5) is 0 Å². The standard InChI is InChI=1S/C22H26N6O6/c23-15(8-13-10-24-11-26-13)20(31)28-18(7-12-9-25-16-4-2-1-3-14(12)16)21(32)27-17(22(33)34)5-6-19(29)30/h1-4,9-11,15,17-18,25H,5-8,23H2,(H,24,26)(H,27,32)(H,28,31)(H,29,30)(H,33,34). The van der Waals surface area contributed by atoms with Crippen molar-refractivity contribution in [2.75, 3.05) is 0 Å². The van der Waals surface area contributed by atoms with E-state index in [-0.39, 0.29) is 19.3 Å². The zero-order valence-electron chi connectivity index (χ0n) is 18.2. The number of H-pyrrole nitrogens is 2. The topological polar surface area (TPSA) is 203 Å². The van der Waals surface area contributed by atoms with Crippen molar-refractivity contribution >= 4 is 34.7 Å². The van der Waals surface area contributed by atoms with E-state index in [0.29, 0.717) is 5.69 Å². The summed E-state index contributed by atoms with van der Waals surface area (Å²) in [5, 5.41) is 24.0. The zero-order valence-corrected chi connectivity index (χ0v) is 18.2. The average Bonchev–Trinajstić information content (AvgIpc) is 3.45. The molecule has 2 amide bonds. The van der Waals surface area contributed by atoms with Crippen molar-refractivity contribution in [1.29, 1.82) is 0 Å². The maximum atomic E-state index is 13.0. The van der Waals surface area contributed by atoms with Gasteiger partial charge in [-0.25, -0.2) is 9.78 Å². The van der Waals surface area contributed by atoms with E-state index in [1.54, 1.807) is 6.20 Å². The Labute approximate surface area is 193 Å². The van der Waals surface area contributed by atoms with Gasteiger partial charge in [-0.2, -0.15) is 0 Å². The van der Waals surface area contributed by atoms with Gasteiger partial charge >= 0.3 is 11.9 Å². The summed E-state index contributed by atoms with van der Waals surface area (Å²) in [5.41, 5.74) is 8.20. The number of carboxylic acids is 2. The number of benzene rings is 1. The predicted molar refractivity (Wildman–Crippen MR) is 121 cm³/mol. The first-order valence-electron chi connectivity index (χ1n) is 10.6. The summed E-state index contributed by atoms with van der Waals surface area (Å²) in [4.78, 5) is 58.0. The molecule has 0 radical (unpaired) electrons. The third-order valence-corrected chi connectivity index (χ3v) is 5.32. The van der Waals surface area contributed by atoms with E-state index in [1.807, 2.05) is 24.3 Å². The number of hydrogen-bond acceptors (Lipinski definition) is 6. The maximum Gasteiger partial charge on any atom is 0.326 e. The van der Waals surface area contributed by atoms with Crippen molar-refractivity contribution in [1.82, 2.24) is 25.6 Å². The van der Waals surface area contributed by atoms with Gasteiger partial charge in [0.25, 0.3) is 0 Å². The van der Waals surface area contributed by atoms with Crippen LogP contribution in [0.3, 0.4) is 0 Å². The quantitative estimate of drug-likeness (QED) is 0.190. The SMILES string of the molecule is NC(Cc1cnc[nH]1)C(=O)NC(Cc1c[nH]c2ccccc12)C(=O)NC(CCC(=O)O)C(=O)O. The van der Waals surface area contributed by atoms with E-state index >= 15 is 0 Å². The van der Waals surface area contributed by atoms with E-state index in [2.05, 4.69) is 25.6 Å². The number of imidazole rings is 1. The Kier molecular flexibility index (Phi) is 7.98. The molecule has 0 aliphatic heterocycles. The van der Waals surface area contributed by atoms with Crippen molar-refractivity contribution in [3.05, 3.63) is 54.2 Å². The number of fused-ring (bicyclic) bond motifs is 1. The third kappa shape index (κ3) is 6.42. The molecule has 12 nitrogen and oxygen atoms in total. The van der Waals surface area contributed by atoms with E-state index in [1.165, 1.54) is 12.5 Å². The molecule has 12 heteroatoms. The molecule has 3 aromatic rings. The number of amides is 2. The molecular weight excluding hydrogens is 444 g/mol. The fraction of sp³-hybridized carbons (Fsp3) is 0.318. The first-order chi connectivity index (χ1) is 16.2. The molecule has 0 aliphatic carbocycles. The van der Waals surface area contributed by atoms with Crippen LogP contribution in [0.1, 0.15) is 24.1 Å². The van der Waals surface area contributed by atoms with Gasteiger partial charge < -0.3 is 36.5 Å². The molecule has 1 aromatic carbocycles. The molecule has 0 saturated carbocycles. The number of aliphatic carboxylic acids is 2. The highest BCUT2D eigenvalue weighted by Gasteiger charge is 2.29. The molecule has 0 spiro atoms. The normalized spacial score (nSPS) is 13.7. The number of carbonyl (C=O) groups excluding carboxylic acids is 2. The monoisotopic (exact) mass is 470 g/mol. The van der Waals surface area contributed by atoms with Crippen LogP contribution in [0.15, 0.2) is 43.0 Å². The molecule has 0 aliphatic rings. The van der Waals surface area contributed by atoms with Gasteiger partial charge in [0.05, 0.1) is 12.4 Å². The van der Waals surface area contributed by atoms with E-state index < -0.39 is 48.3 Å². The number of carboxylic acid groups (broad SMARTS) is 2. The fourth-order valence-electron chi connectivity index (χ4n) is 3.53. The Morgan fingerprint density at radius 2 is 1.74 bits per heavy atom. The van der Waals surface area contributed by atoms with E-state index in [4.69, 9.17) is 10.8 Å². The number of nitrogens with two attached hydrogens (primary N) is 1. The molecule has 180 valence electrons. The number of aromatic nitrogens is 3. The van der Waals surface area contributed by atoms with Crippen LogP contribution < -0.4 is 16.4 Å². The minimum atomic E-state index is -1.43. The molecule has 0 saturated heterocycles. The number of nitrogens with zero attached hydrogens (tertiary/aromatic N) is 1. The van der Waals surface area contributed by atoms with Gasteiger partial charge in [0.2, 0.25) is 11.8 Å². The lowest BCUT2D eigenvalue weighted by atomic mass is 10.0. The summed E-state index contributed by atoms with van der Waals surface area (Å²) < 4.78 is 0. The summed E-state index contributed by atoms with van der Waals surface area (Å²) in [7, 11) is 0. The summed E-state index contributed by atoms with van der Waals surface area (Å²) in [6.45, 7) is 0. The Bertz CT molecular complexity index is 1160. The Hall–Kier alpha value is -4.19. The van der Waals surface area contributed by atoms with Crippen LogP contribution in [-0.2, 0) is 32.0 Å². The number of aromatic amines is 2. The largest absolute Gasteiger partial charge is 0.481 e. The van der Waals surface area contributed by atoms with Gasteiger partial charge in [-0.05, 0) is 18.1 Å². The Morgan fingerprint density at radius 3 is 2.41 bits per heavy atom. The first kappa shape index (κ1) is 24.5. The van der Waals surface area contributed by atoms with Crippen LogP contribution in [-0.4, -0.2) is 67.0 Å². The van der Waals surface area contributed by atoms with Gasteiger partial charge in [0, 0.05) is 48.3 Å².